The average Bonchev–Trinajstić information content (AvgIpc) is 2.93. The van der Waals surface area contributed by atoms with Crippen LogP contribution in [-0.4, -0.2) is 41.2 Å². The molecule has 0 aliphatic carbocycles. The van der Waals surface area contributed by atoms with Crippen LogP contribution in [0.3, 0.4) is 0 Å². The second-order valence-electron chi connectivity index (χ2n) is 5.21. The van der Waals surface area contributed by atoms with Crippen molar-refractivity contribution >= 4 is 23.3 Å². The molecule has 0 atom stereocenters. The molecule has 0 saturated heterocycles. The number of pyridine rings is 1. The SMILES string of the molecule is CN(C)Cc1ccc(CSCCNc2ncccc2[N+](=O)[O-])o1. The fourth-order valence-corrected chi connectivity index (χ4v) is 2.74. The standard InChI is InChI=1S/C15H20N4O3S/c1-18(2)10-12-5-6-13(22-12)11-23-9-8-17-15-14(19(20)21)4-3-7-16-15/h3-7H,8-11H2,1-2H3,(H,16,17). The van der Waals surface area contributed by atoms with E-state index in [1.54, 1.807) is 17.8 Å². The summed E-state index contributed by atoms with van der Waals surface area (Å²) in [6, 6.07) is 6.98. The van der Waals surface area contributed by atoms with Gasteiger partial charge in [-0.3, -0.25) is 10.1 Å². The predicted octanol–water partition coefficient (Wildman–Crippen LogP) is 2.99. The third-order valence-corrected chi connectivity index (χ3v) is 3.94. The fraction of sp³-hybridized carbons (Fsp3) is 0.400. The molecule has 0 unspecified atom stereocenters. The van der Waals surface area contributed by atoms with E-state index in [1.165, 1.54) is 12.3 Å². The van der Waals surface area contributed by atoms with Crippen LogP contribution in [0.1, 0.15) is 11.5 Å². The zero-order valence-electron chi connectivity index (χ0n) is 13.2. The van der Waals surface area contributed by atoms with Gasteiger partial charge in [0, 0.05) is 24.6 Å². The summed E-state index contributed by atoms with van der Waals surface area (Å²) in [7, 11) is 4.00. The van der Waals surface area contributed by atoms with Gasteiger partial charge < -0.3 is 14.6 Å². The van der Waals surface area contributed by atoms with E-state index in [0.717, 1.165) is 29.6 Å². The average molecular weight is 336 g/mol. The number of thioether (sulfide) groups is 1. The molecule has 0 aromatic carbocycles. The van der Waals surface area contributed by atoms with Crippen molar-refractivity contribution in [1.29, 1.82) is 0 Å². The van der Waals surface area contributed by atoms with Gasteiger partial charge in [-0.15, -0.1) is 0 Å². The number of nitro groups is 1. The molecule has 0 saturated carbocycles. The van der Waals surface area contributed by atoms with E-state index in [2.05, 4.69) is 15.2 Å². The molecule has 0 spiro atoms. The van der Waals surface area contributed by atoms with Gasteiger partial charge in [-0.1, -0.05) is 0 Å². The highest BCUT2D eigenvalue weighted by atomic mass is 32.2. The lowest BCUT2D eigenvalue weighted by Gasteiger charge is -2.06. The summed E-state index contributed by atoms with van der Waals surface area (Å²) in [5.41, 5.74) is -0.00291. The van der Waals surface area contributed by atoms with Crippen molar-refractivity contribution < 1.29 is 9.34 Å². The van der Waals surface area contributed by atoms with Crippen LogP contribution < -0.4 is 5.32 Å². The number of hydrogen-bond donors (Lipinski definition) is 1. The first-order chi connectivity index (χ1) is 11.1. The topological polar surface area (TPSA) is 84.4 Å². The summed E-state index contributed by atoms with van der Waals surface area (Å²) in [4.78, 5) is 16.5. The first-order valence-corrected chi connectivity index (χ1v) is 8.35. The molecule has 7 nitrogen and oxygen atoms in total. The van der Waals surface area contributed by atoms with Crippen molar-refractivity contribution in [2.24, 2.45) is 0 Å². The van der Waals surface area contributed by atoms with Crippen LogP contribution in [0.5, 0.6) is 0 Å². The highest BCUT2D eigenvalue weighted by Crippen LogP contribution is 2.21. The Hall–Kier alpha value is -2.06. The molecule has 2 aromatic rings. The van der Waals surface area contributed by atoms with E-state index in [1.807, 2.05) is 26.2 Å². The van der Waals surface area contributed by atoms with Gasteiger partial charge in [0.1, 0.15) is 11.5 Å². The first-order valence-electron chi connectivity index (χ1n) is 7.19. The van der Waals surface area contributed by atoms with E-state index in [0.29, 0.717) is 12.4 Å². The molecule has 0 amide bonds. The lowest BCUT2D eigenvalue weighted by molar-refractivity contribution is -0.384. The smallest absolute Gasteiger partial charge is 0.311 e. The number of nitrogens with zero attached hydrogens (tertiary/aromatic N) is 3. The van der Waals surface area contributed by atoms with Crippen molar-refractivity contribution in [3.63, 3.8) is 0 Å². The van der Waals surface area contributed by atoms with E-state index in [-0.39, 0.29) is 5.69 Å². The van der Waals surface area contributed by atoms with Crippen LogP contribution in [0.25, 0.3) is 0 Å². The summed E-state index contributed by atoms with van der Waals surface area (Å²) in [6.07, 6.45) is 1.54. The molecule has 0 aliphatic rings. The van der Waals surface area contributed by atoms with Crippen molar-refractivity contribution in [2.75, 3.05) is 31.7 Å². The van der Waals surface area contributed by atoms with Gasteiger partial charge in [0.2, 0.25) is 5.82 Å². The van der Waals surface area contributed by atoms with Crippen molar-refractivity contribution in [3.8, 4) is 0 Å². The van der Waals surface area contributed by atoms with Gasteiger partial charge in [-0.05, 0) is 32.3 Å². The Labute approximate surface area is 139 Å². The van der Waals surface area contributed by atoms with Crippen molar-refractivity contribution in [2.45, 2.75) is 12.3 Å². The van der Waals surface area contributed by atoms with E-state index >= 15 is 0 Å². The van der Waals surface area contributed by atoms with Gasteiger partial charge in [-0.25, -0.2) is 4.98 Å². The summed E-state index contributed by atoms with van der Waals surface area (Å²) < 4.78 is 5.73. The minimum Gasteiger partial charge on any atom is -0.464 e. The van der Waals surface area contributed by atoms with Crippen LogP contribution in [0, 0.1) is 10.1 Å². The van der Waals surface area contributed by atoms with Crippen LogP contribution in [0.15, 0.2) is 34.9 Å². The summed E-state index contributed by atoms with van der Waals surface area (Å²) in [5, 5.41) is 13.9. The third kappa shape index (κ3) is 5.57. The second kappa shape index (κ2) is 8.54. The van der Waals surface area contributed by atoms with Crippen molar-refractivity contribution in [1.82, 2.24) is 9.88 Å². The van der Waals surface area contributed by atoms with Gasteiger partial charge in [-0.2, -0.15) is 11.8 Å². The first kappa shape index (κ1) is 17.3. The molecule has 8 heteroatoms. The molecule has 124 valence electrons. The summed E-state index contributed by atoms with van der Waals surface area (Å²) in [5.74, 6) is 3.78. The Bertz CT molecular complexity index is 645. The second-order valence-corrected chi connectivity index (χ2v) is 6.32. The third-order valence-electron chi connectivity index (χ3n) is 2.96. The maximum absolute atomic E-state index is 10.9. The number of nitrogens with one attached hydrogen (secondary N) is 1. The largest absolute Gasteiger partial charge is 0.464 e. The molecular formula is C15H20N4O3S. The van der Waals surface area contributed by atoms with E-state index in [4.69, 9.17) is 4.42 Å². The summed E-state index contributed by atoms with van der Waals surface area (Å²) in [6.45, 7) is 1.39. The minimum absolute atomic E-state index is 0.00291. The number of rotatable bonds is 9. The predicted molar refractivity (Wildman–Crippen MR) is 91.6 cm³/mol. The maximum atomic E-state index is 10.9. The van der Waals surface area contributed by atoms with Crippen LogP contribution in [0.4, 0.5) is 11.5 Å². The van der Waals surface area contributed by atoms with Crippen LogP contribution in [-0.2, 0) is 12.3 Å². The van der Waals surface area contributed by atoms with Gasteiger partial charge in [0.15, 0.2) is 0 Å². The molecule has 0 fully saturated rings. The zero-order chi connectivity index (χ0) is 16.7. The lowest BCUT2D eigenvalue weighted by atomic mass is 10.4. The van der Waals surface area contributed by atoms with Gasteiger partial charge >= 0.3 is 5.69 Å². The number of furan rings is 1. The molecule has 1 N–H and O–H groups in total. The van der Waals surface area contributed by atoms with Crippen molar-refractivity contribution in [3.05, 3.63) is 52.1 Å². The van der Waals surface area contributed by atoms with Crippen LogP contribution >= 0.6 is 11.8 Å². The molecule has 2 aromatic heterocycles. The quantitative estimate of drug-likeness (QED) is 0.428. The zero-order valence-corrected chi connectivity index (χ0v) is 14.0. The molecule has 0 radical (unpaired) electrons. The lowest BCUT2D eigenvalue weighted by Crippen LogP contribution is -2.09. The fourth-order valence-electron chi connectivity index (χ4n) is 1.99. The van der Waals surface area contributed by atoms with E-state index < -0.39 is 4.92 Å². The normalized spacial score (nSPS) is 10.9. The molecule has 23 heavy (non-hydrogen) atoms. The molecule has 0 aliphatic heterocycles. The number of aromatic nitrogens is 1. The molecular weight excluding hydrogens is 316 g/mol. The monoisotopic (exact) mass is 336 g/mol. The molecule has 0 bridgehead atoms. The minimum atomic E-state index is -0.433. The van der Waals surface area contributed by atoms with Gasteiger partial charge in [0.25, 0.3) is 0 Å². The summed E-state index contributed by atoms with van der Waals surface area (Å²) >= 11 is 1.70. The molecule has 2 heterocycles. The Morgan fingerprint density at radius 2 is 2.13 bits per heavy atom. The Kier molecular flexibility index (Phi) is 6.42. The Morgan fingerprint density at radius 3 is 2.87 bits per heavy atom. The highest BCUT2D eigenvalue weighted by molar-refractivity contribution is 7.98. The van der Waals surface area contributed by atoms with Gasteiger partial charge in [0.05, 0.1) is 17.2 Å². The van der Waals surface area contributed by atoms with Crippen LogP contribution in [0.2, 0.25) is 0 Å². The number of anilines is 1. The number of hydrogen-bond acceptors (Lipinski definition) is 7. The Morgan fingerprint density at radius 1 is 1.35 bits per heavy atom. The maximum Gasteiger partial charge on any atom is 0.311 e. The molecule has 2 rings (SSSR count). The highest BCUT2D eigenvalue weighted by Gasteiger charge is 2.13. The Balaban J connectivity index is 1.72. The van der Waals surface area contributed by atoms with E-state index in [9.17, 15) is 10.1 Å².